The summed E-state index contributed by atoms with van der Waals surface area (Å²) in [5.41, 5.74) is 2.68. The summed E-state index contributed by atoms with van der Waals surface area (Å²) in [4.78, 5) is 1.38. The van der Waals surface area contributed by atoms with Crippen LogP contribution in [0.5, 0.6) is 0 Å². The second kappa shape index (κ2) is 4.29. The molecule has 0 aromatic heterocycles. The number of hydrogen-bond acceptors (Lipinski definition) is 3. The van der Waals surface area contributed by atoms with Crippen LogP contribution in [0.15, 0.2) is 23.1 Å². The Balaban J connectivity index is 2.24. The second-order valence-corrected chi connectivity index (χ2v) is 4.66. The molecule has 1 aromatic carbocycles. The van der Waals surface area contributed by atoms with Crippen LogP contribution in [0.2, 0.25) is 0 Å². The van der Waals surface area contributed by atoms with Crippen LogP contribution in [0.3, 0.4) is 0 Å². The quantitative estimate of drug-likeness (QED) is 0.730. The van der Waals surface area contributed by atoms with Gasteiger partial charge in [-0.3, -0.25) is 0 Å². The third kappa shape index (κ3) is 2.15. The average molecular weight is 211 g/mol. The van der Waals surface area contributed by atoms with Crippen LogP contribution >= 0.6 is 24.4 Å². The van der Waals surface area contributed by atoms with E-state index < -0.39 is 0 Å². The minimum Gasteiger partial charge on any atom is -0.383 e. The highest BCUT2D eigenvalue weighted by Gasteiger charge is 2.08. The van der Waals surface area contributed by atoms with E-state index in [1.165, 1.54) is 21.9 Å². The van der Waals surface area contributed by atoms with E-state index in [1.54, 1.807) is 0 Å². The predicted molar refractivity (Wildman–Crippen MR) is 63.2 cm³/mol. The first kappa shape index (κ1) is 9.28. The summed E-state index contributed by atoms with van der Waals surface area (Å²) in [7, 11) is 0. The van der Waals surface area contributed by atoms with Gasteiger partial charge in [0, 0.05) is 22.9 Å². The molecule has 0 fully saturated rings. The van der Waals surface area contributed by atoms with Crippen molar-refractivity contribution in [2.45, 2.75) is 11.3 Å². The number of anilines is 1. The molecular formula is C10H13NS2. The lowest BCUT2D eigenvalue weighted by molar-refractivity contribution is 1.12. The zero-order valence-corrected chi connectivity index (χ0v) is 9.13. The fourth-order valence-electron chi connectivity index (χ4n) is 1.47. The lowest BCUT2D eigenvalue weighted by Gasteiger charge is -2.17. The largest absolute Gasteiger partial charge is 0.383 e. The van der Waals surface area contributed by atoms with Crippen molar-refractivity contribution in [1.29, 1.82) is 0 Å². The first-order valence-electron chi connectivity index (χ1n) is 4.50. The van der Waals surface area contributed by atoms with Crippen molar-refractivity contribution in [3.63, 3.8) is 0 Å². The molecule has 0 atom stereocenters. The Morgan fingerprint density at radius 3 is 3.23 bits per heavy atom. The molecule has 0 amide bonds. The van der Waals surface area contributed by atoms with E-state index in [1.807, 2.05) is 11.8 Å². The molecule has 70 valence electrons. The monoisotopic (exact) mass is 211 g/mol. The molecule has 1 aliphatic rings. The Labute approximate surface area is 88.7 Å². The number of benzene rings is 1. The minimum atomic E-state index is 0.923. The molecule has 0 unspecified atom stereocenters. The molecular weight excluding hydrogens is 198 g/mol. The van der Waals surface area contributed by atoms with Crippen LogP contribution in [0.25, 0.3) is 0 Å². The van der Waals surface area contributed by atoms with E-state index in [2.05, 4.69) is 36.1 Å². The van der Waals surface area contributed by atoms with Crippen molar-refractivity contribution >= 4 is 30.1 Å². The third-order valence-corrected chi connectivity index (χ3v) is 3.42. The van der Waals surface area contributed by atoms with E-state index in [4.69, 9.17) is 0 Å². The number of rotatable bonds is 2. The standard InChI is InChI=1S/C10H13NS2/c12-5-3-8-1-2-10-9(7-8)11-4-6-13-10/h1-2,7,11-12H,3-6H2. The van der Waals surface area contributed by atoms with Crippen molar-refractivity contribution in [3.8, 4) is 0 Å². The van der Waals surface area contributed by atoms with Crippen LogP contribution < -0.4 is 5.32 Å². The number of fused-ring (bicyclic) bond motifs is 1. The van der Waals surface area contributed by atoms with Crippen molar-refractivity contribution in [3.05, 3.63) is 23.8 Å². The maximum atomic E-state index is 4.23. The van der Waals surface area contributed by atoms with Crippen LogP contribution in [0.4, 0.5) is 5.69 Å². The summed E-state index contributed by atoms with van der Waals surface area (Å²) in [6.45, 7) is 1.09. The SMILES string of the molecule is SCCc1ccc2c(c1)NCCS2. The number of thioether (sulfide) groups is 1. The van der Waals surface area contributed by atoms with Gasteiger partial charge in [-0.05, 0) is 29.9 Å². The fraction of sp³-hybridized carbons (Fsp3) is 0.400. The van der Waals surface area contributed by atoms with Gasteiger partial charge in [-0.2, -0.15) is 12.6 Å². The van der Waals surface area contributed by atoms with Crippen LogP contribution in [-0.4, -0.2) is 18.1 Å². The summed E-state index contributed by atoms with van der Waals surface area (Å²) in [5.74, 6) is 2.10. The van der Waals surface area contributed by atoms with Crippen molar-refractivity contribution in [2.75, 3.05) is 23.4 Å². The van der Waals surface area contributed by atoms with E-state index >= 15 is 0 Å². The third-order valence-electron chi connectivity index (χ3n) is 2.12. The van der Waals surface area contributed by atoms with E-state index in [0.29, 0.717) is 0 Å². The normalized spacial score (nSPS) is 14.8. The molecule has 1 aromatic rings. The molecule has 0 saturated heterocycles. The molecule has 0 aliphatic carbocycles. The average Bonchev–Trinajstić information content (AvgIpc) is 2.18. The fourth-order valence-corrected chi connectivity index (χ4v) is 2.61. The van der Waals surface area contributed by atoms with Crippen LogP contribution in [0.1, 0.15) is 5.56 Å². The van der Waals surface area contributed by atoms with Gasteiger partial charge in [0.15, 0.2) is 0 Å². The van der Waals surface area contributed by atoms with Gasteiger partial charge in [0.25, 0.3) is 0 Å². The highest BCUT2D eigenvalue weighted by atomic mass is 32.2. The van der Waals surface area contributed by atoms with Gasteiger partial charge >= 0.3 is 0 Å². The zero-order valence-electron chi connectivity index (χ0n) is 7.42. The van der Waals surface area contributed by atoms with E-state index in [-0.39, 0.29) is 0 Å². The van der Waals surface area contributed by atoms with Gasteiger partial charge in [0.05, 0.1) is 0 Å². The van der Waals surface area contributed by atoms with Gasteiger partial charge in [0.1, 0.15) is 0 Å². The first-order valence-corrected chi connectivity index (χ1v) is 6.12. The molecule has 1 heterocycles. The Hall–Kier alpha value is -0.280. The predicted octanol–water partition coefficient (Wildman–Crippen LogP) is 2.68. The molecule has 1 nitrogen and oxygen atoms in total. The molecule has 0 spiro atoms. The number of thiol groups is 1. The zero-order chi connectivity index (χ0) is 9.10. The number of hydrogen-bond donors (Lipinski definition) is 2. The lowest BCUT2D eigenvalue weighted by atomic mass is 10.1. The maximum absolute atomic E-state index is 4.23. The minimum absolute atomic E-state index is 0.923. The summed E-state index contributed by atoms with van der Waals surface area (Å²) in [6.07, 6.45) is 1.06. The van der Waals surface area contributed by atoms with Gasteiger partial charge in [-0.1, -0.05) is 6.07 Å². The molecule has 0 radical (unpaired) electrons. The highest BCUT2D eigenvalue weighted by molar-refractivity contribution is 7.99. The summed E-state index contributed by atoms with van der Waals surface area (Å²) in [5, 5.41) is 3.42. The van der Waals surface area contributed by atoms with Gasteiger partial charge in [-0.25, -0.2) is 0 Å². The summed E-state index contributed by atoms with van der Waals surface area (Å²) < 4.78 is 0. The van der Waals surface area contributed by atoms with Crippen molar-refractivity contribution < 1.29 is 0 Å². The van der Waals surface area contributed by atoms with Gasteiger partial charge in [0.2, 0.25) is 0 Å². The molecule has 3 heteroatoms. The lowest BCUT2D eigenvalue weighted by Crippen LogP contribution is -2.10. The molecule has 0 bridgehead atoms. The van der Waals surface area contributed by atoms with Crippen LogP contribution in [-0.2, 0) is 6.42 Å². The van der Waals surface area contributed by atoms with Crippen molar-refractivity contribution in [2.24, 2.45) is 0 Å². The topological polar surface area (TPSA) is 12.0 Å². The summed E-state index contributed by atoms with van der Waals surface area (Å²) in [6, 6.07) is 6.66. The Bertz CT molecular complexity index is 299. The Morgan fingerprint density at radius 2 is 2.38 bits per heavy atom. The Kier molecular flexibility index (Phi) is 3.06. The maximum Gasteiger partial charge on any atom is 0.0481 e. The van der Waals surface area contributed by atoms with Crippen molar-refractivity contribution in [1.82, 2.24) is 0 Å². The molecule has 1 aliphatic heterocycles. The number of aryl methyl sites for hydroxylation is 1. The van der Waals surface area contributed by atoms with E-state index in [0.717, 1.165) is 18.7 Å². The smallest absolute Gasteiger partial charge is 0.0481 e. The molecule has 13 heavy (non-hydrogen) atoms. The first-order chi connectivity index (χ1) is 6.40. The summed E-state index contributed by atoms with van der Waals surface area (Å²) >= 11 is 6.17. The number of nitrogens with one attached hydrogen (secondary N) is 1. The van der Waals surface area contributed by atoms with Gasteiger partial charge in [-0.15, -0.1) is 11.8 Å². The van der Waals surface area contributed by atoms with Crippen LogP contribution in [0, 0.1) is 0 Å². The molecule has 2 rings (SSSR count). The molecule has 1 N–H and O–H groups in total. The second-order valence-electron chi connectivity index (χ2n) is 3.08. The Morgan fingerprint density at radius 1 is 1.46 bits per heavy atom. The molecule has 0 saturated carbocycles. The van der Waals surface area contributed by atoms with E-state index in [9.17, 15) is 0 Å². The highest BCUT2D eigenvalue weighted by Crippen LogP contribution is 2.31. The van der Waals surface area contributed by atoms with Gasteiger partial charge < -0.3 is 5.32 Å².